The molecule has 116 valence electrons. The summed E-state index contributed by atoms with van der Waals surface area (Å²) >= 11 is 0. The van der Waals surface area contributed by atoms with E-state index in [2.05, 4.69) is 17.2 Å². The maximum Gasteiger partial charge on any atom is 0.224 e. The Balaban J connectivity index is 1.48. The predicted octanol–water partition coefficient (Wildman–Crippen LogP) is 3.38. The first-order chi connectivity index (χ1) is 10.7. The Bertz CT molecular complexity index is 648. The highest BCUT2D eigenvalue weighted by Gasteiger charge is 2.36. The normalized spacial score (nSPS) is 19.7. The molecule has 0 aliphatic heterocycles. The van der Waals surface area contributed by atoms with Gasteiger partial charge in [0.1, 0.15) is 11.5 Å². The second-order valence-corrected chi connectivity index (χ2v) is 5.76. The summed E-state index contributed by atoms with van der Waals surface area (Å²) in [6.07, 6.45) is 3.78. The molecule has 3 rings (SSSR count). The molecule has 1 aliphatic carbocycles. The average Bonchev–Trinajstić information content (AvgIpc) is 3.08. The number of methoxy groups -OCH3 is 1. The molecule has 1 amide bonds. The third kappa shape index (κ3) is 3.47. The van der Waals surface area contributed by atoms with Gasteiger partial charge in [-0.3, -0.25) is 4.79 Å². The van der Waals surface area contributed by atoms with Gasteiger partial charge in [-0.1, -0.05) is 6.92 Å². The minimum atomic E-state index is -0.0512. The molecule has 0 saturated heterocycles. The predicted molar refractivity (Wildman–Crippen MR) is 83.0 cm³/mol. The van der Waals surface area contributed by atoms with E-state index in [0.29, 0.717) is 30.3 Å². The number of hydrogen-bond donors (Lipinski definition) is 1. The summed E-state index contributed by atoms with van der Waals surface area (Å²) in [7, 11) is 1.56. The van der Waals surface area contributed by atoms with E-state index < -0.39 is 0 Å². The number of amides is 1. The Morgan fingerprint density at radius 3 is 2.86 bits per heavy atom. The van der Waals surface area contributed by atoms with Gasteiger partial charge < -0.3 is 14.5 Å². The molecule has 22 heavy (non-hydrogen) atoms. The highest BCUT2D eigenvalue weighted by atomic mass is 16.5. The van der Waals surface area contributed by atoms with Crippen molar-refractivity contribution in [3.8, 4) is 5.88 Å². The summed E-state index contributed by atoms with van der Waals surface area (Å²) in [6.45, 7) is 2.23. The van der Waals surface area contributed by atoms with Crippen molar-refractivity contribution in [2.45, 2.75) is 32.1 Å². The largest absolute Gasteiger partial charge is 0.481 e. The van der Waals surface area contributed by atoms with Crippen LogP contribution in [0.1, 0.15) is 37.2 Å². The molecule has 0 bridgehead atoms. The van der Waals surface area contributed by atoms with Crippen LogP contribution in [0.2, 0.25) is 0 Å². The van der Waals surface area contributed by atoms with Gasteiger partial charge in [0.25, 0.3) is 0 Å². The van der Waals surface area contributed by atoms with Crippen molar-refractivity contribution in [2.75, 3.05) is 12.4 Å². The smallest absolute Gasteiger partial charge is 0.224 e. The first-order valence-electron chi connectivity index (χ1n) is 7.54. The molecule has 5 heteroatoms. The van der Waals surface area contributed by atoms with E-state index in [1.54, 1.807) is 25.4 Å². The third-order valence-electron chi connectivity index (χ3n) is 3.99. The first kappa shape index (κ1) is 14.6. The molecule has 0 spiro atoms. The molecule has 2 aromatic heterocycles. The number of furan rings is 1. The fourth-order valence-corrected chi connectivity index (χ4v) is 2.48. The van der Waals surface area contributed by atoms with Gasteiger partial charge in [-0.25, -0.2) is 4.98 Å². The summed E-state index contributed by atoms with van der Waals surface area (Å²) in [4.78, 5) is 16.0. The zero-order valence-electron chi connectivity index (χ0n) is 12.8. The molecule has 1 aliphatic rings. The average molecular weight is 300 g/mol. The Kier molecular flexibility index (Phi) is 4.13. The molecule has 1 N–H and O–H groups in total. The fraction of sp³-hybridized carbons (Fsp3) is 0.412. The highest BCUT2D eigenvalue weighted by molar-refractivity contribution is 5.90. The summed E-state index contributed by atoms with van der Waals surface area (Å²) in [5.74, 6) is 3.71. The second kappa shape index (κ2) is 6.22. The van der Waals surface area contributed by atoms with E-state index in [1.807, 2.05) is 12.1 Å². The maximum absolute atomic E-state index is 11.9. The van der Waals surface area contributed by atoms with Crippen LogP contribution >= 0.6 is 0 Å². The van der Waals surface area contributed by atoms with Crippen LogP contribution in [-0.2, 0) is 11.2 Å². The number of nitrogens with zero attached hydrogens (tertiary/aromatic N) is 1. The van der Waals surface area contributed by atoms with Crippen molar-refractivity contribution in [3.63, 3.8) is 0 Å². The number of ether oxygens (including phenoxy) is 1. The summed E-state index contributed by atoms with van der Waals surface area (Å²) in [6, 6.07) is 7.49. The molecule has 2 heterocycles. The zero-order chi connectivity index (χ0) is 15.5. The van der Waals surface area contributed by atoms with Gasteiger partial charge in [0, 0.05) is 24.8 Å². The minimum absolute atomic E-state index is 0.0512. The van der Waals surface area contributed by atoms with Crippen molar-refractivity contribution in [2.24, 2.45) is 5.92 Å². The molecule has 5 nitrogen and oxygen atoms in total. The molecule has 1 fully saturated rings. The van der Waals surface area contributed by atoms with Gasteiger partial charge in [-0.05, 0) is 30.5 Å². The van der Waals surface area contributed by atoms with Gasteiger partial charge in [0.05, 0.1) is 19.0 Å². The Hall–Kier alpha value is -2.30. The number of aromatic nitrogens is 1. The molecule has 0 aromatic carbocycles. The lowest BCUT2D eigenvalue weighted by Gasteiger charge is -2.05. The van der Waals surface area contributed by atoms with E-state index >= 15 is 0 Å². The number of pyridine rings is 1. The summed E-state index contributed by atoms with van der Waals surface area (Å²) in [5.41, 5.74) is 0.665. The fourth-order valence-electron chi connectivity index (χ4n) is 2.48. The van der Waals surface area contributed by atoms with Gasteiger partial charge in [0.15, 0.2) is 0 Å². The van der Waals surface area contributed by atoms with Crippen LogP contribution in [0.15, 0.2) is 34.9 Å². The lowest BCUT2D eigenvalue weighted by atomic mass is 10.2. The monoisotopic (exact) mass is 300 g/mol. The third-order valence-corrected chi connectivity index (χ3v) is 3.99. The minimum Gasteiger partial charge on any atom is -0.481 e. The van der Waals surface area contributed by atoms with Crippen LogP contribution in [0.25, 0.3) is 0 Å². The van der Waals surface area contributed by atoms with Crippen molar-refractivity contribution < 1.29 is 13.9 Å². The van der Waals surface area contributed by atoms with E-state index in [9.17, 15) is 4.79 Å². The Labute approximate surface area is 129 Å². The lowest BCUT2D eigenvalue weighted by Crippen LogP contribution is -2.12. The summed E-state index contributed by atoms with van der Waals surface area (Å²) in [5, 5.41) is 2.81. The first-order valence-corrected chi connectivity index (χ1v) is 7.54. The van der Waals surface area contributed by atoms with Crippen molar-refractivity contribution in [1.82, 2.24) is 4.98 Å². The molecule has 0 unspecified atom stereocenters. The van der Waals surface area contributed by atoms with Crippen LogP contribution in [0.3, 0.4) is 0 Å². The Morgan fingerprint density at radius 2 is 2.23 bits per heavy atom. The Morgan fingerprint density at radius 1 is 1.41 bits per heavy atom. The zero-order valence-corrected chi connectivity index (χ0v) is 12.8. The van der Waals surface area contributed by atoms with Crippen LogP contribution in [-0.4, -0.2) is 18.0 Å². The molecular formula is C17H20N2O3. The number of carbonyl (C=O) groups excluding carboxylic acids is 1. The highest BCUT2D eigenvalue weighted by Crippen LogP contribution is 2.47. The molecule has 1 saturated carbocycles. The number of anilines is 1. The van der Waals surface area contributed by atoms with E-state index in [1.165, 1.54) is 6.42 Å². The molecule has 0 radical (unpaired) electrons. The van der Waals surface area contributed by atoms with Crippen molar-refractivity contribution >= 4 is 11.6 Å². The standard InChI is InChI=1S/C17H20N2O3/c1-11-9-14(11)15-6-4-13(22-15)5-7-16(20)19-12-3-8-17(21-2)18-10-12/h3-4,6,8,10-11,14H,5,7,9H2,1-2H3,(H,19,20)/t11-,14-/m0/s1. The topological polar surface area (TPSA) is 64.4 Å². The van der Waals surface area contributed by atoms with Crippen LogP contribution in [0, 0.1) is 5.92 Å². The van der Waals surface area contributed by atoms with Crippen molar-refractivity contribution in [3.05, 3.63) is 42.0 Å². The van der Waals surface area contributed by atoms with Gasteiger partial charge in [-0.15, -0.1) is 0 Å². The lowest BCUT2D eigenvalue weighted by molar-refractivity contribution is -0.116. The number of hydrogen-bond acceptors (Lipinski definition) is 4. The SMILES string of the molecule is COc1ccc(NC(=O)CCc2ccc([C@H]3C[C@@H]3C)o2)cn1. The van der Waals surface area contributed by atoms with Crippen LogP contribution in [0.4, 0.5) is 5.69 Å². The quantitative estimate of drug-likeness (QED) is 0.888. The number of carbonyl (C=O) groups is 1. The molecular weight excluding hydrogens is 280 g/mol. The summed E-state index contributed by atoms with van der Waals surface area (Å²) < 4.78 is 10.8. The van der Waals surface area contributed by atoms with Crippen LogP contribution < -0.4 is 10.1 Å². The molecule has 2 aromatic rings. The van der Waals surface area contributed by atoms with E-state index in [-0.39, 0.29) is 5.91 Å². The number of rotatable bonds is 6. The van der Waals surface area contributed by atoms with Gasteiger partial charge in [0.2, 0.25) is 11.8 Å². The maximum atomic E-state index is 11.9. The number of nitrogens with one attached hydrogen (secondary N) is 1. The molecule has 2 atom stereocenters. The number of aryl methyl sites for hydroxylation is 1. The van der Waals surface area contributed by atoms with Gasteiger partial charge >= 0.3 is 0 Å². The second-order valence-electron chi connectivity index (χ2n) is 5.76. The van der Waals surface area contributed by atoms with E-state index in [0.717, 1.165) is 17.4 Å². The van der Waals surface area contributed by atoms with Crippen LogP contribution in [0.5, 0.6) is 5.88 Å². The van der Waals surface area contributed by atoms with E-state index in [4.69, 9.17) is 9.15 Å². The van der Waals surface area contributed by atoms with Crippen molar-refractivity contribution in [1.29, 1.82) is 0 Å². The van der Waals surface area contributed by atoms with Gasteiger partial charge in [-0.2, -0.15) is 0 Å².